The van der Waals surface area contributed by atoms with Crippen molar-refractivity contribution in [2.24, 2.45) is 5.92 Å². The zero-order chi connectivity index (χ0) is 15.7. The van der Waals surface area contributed by atoms with Gasteiger partial charge in [-0.15, -0.1) is 11.3 Å². The van der Waals surface area contributed by atoms with Crippen LogP contribution in [-0.4, -0.2) is 17.6 Å². The first-order valence-electron chi connectivity index (χ1n) is 7.00. The second-order valence-electron chi connectivity index (χ2n) is 5.49. The lowest BCUT2D eigenvalue weighted by atomic mass is 9.95. The maximum Gasteiger partial charge on any atom is 0.251 e. The molecular formula is C16H15Cl2NO2S. The summed E-state index contributed by atoms with van der Waals surface area (Å²) in [6, 6.07) is 8.55. The summed E-state index contributed by atoms with van der Waals surface area (Å²) >= 11 is 13.3. The van der Waals surface area contributed by atoms with E-state index in [1.165, 1.54) is 17.4 Å². The van der Waals surface area contributed by atoms with E-state index in [-0.39, 0.29) is 18.4 Å². The fourth-order valence-corrected chi connectivity index (χ4v) is 3.67. The first kappa shape index (κ1) is 15.8. The number of amides is 1. The maximum atomic E-state index is 12.2. The molecule has 1 atom stereocenters. The molecule has 22 heavy (non-hydrogen) atoms. The normalized spacial score (nSPS) is 17.0. The lowest BCUT2D eigenvalue weighted by Gasteiger charge is -2.27. The van der Waals surface area contributed by atoms with Crippen molar-refractivity contribution in [3.63, 3.8) is 0 Å². The van der Waals surface area contributed by atoms with Crippen LogP contribution in [0.4, 0.5) is 0 Å². The lowest BCUT2D eigenvalue weighted by Crippen LogP contribution is -2.42. The maximum absolute atomic E-state index is 12.2. The zero-order valence-electron chi connectivity index (χ0n) is 11.7. The molecule has 0 bridgehead atoms. The Morgan fingerprint density at radius 2 is 2.09 bits per heavy atom. The molecule has 0 saturated heterocycles. The number of hydrogen-bond acceptors (Lipinski definition) is 3. The van der Waals surface area contributed by atoms with E-state index >= 15 is 0 Å². The topological polar surface area (TPSA) is 49.3 Å². The first-order valence-corrected chi connectivity index (χ1v) is 8.64. The molecule has 2 N–H and O–H groups in total. The van der Waals surface area contributed by atoms with Crippen LogP contribution < -0.4 is 5.32 Å². The van der Waals surface area contributed by atoms with E-state index in [0.29, 0.717) is 15.6 Å². The van der Waals surface area contributed by atoms with Crippen molar-refractivity contribution in [3.8, 4) is 0 Å². The first-order chi connectivity index (χ1) is 10.5. The third-order valence-electron chi connectivity index (χ3n) is 3.90. The summed E-state index contributed by atoms with van der Waals surface area (Å²) < 4.78 is 0. The Morgan fingerprint density at radius 3 is 2.68 bits per heavy atom. The summed E-state index contributed by atoms with van der Waals surface area (Å²) in [6.45, 7) is 0.192. The molecule has 1 aliphatic rings. The molecule has 1 aromatic carbocycles. The highest BCUT2D eigenvalue weighted by molar-refractivity contribution is 7.10. The van der Waals surface area contributed by atoms with Gasteiger partial charge in [0.15, 0.2) is 0 Å². The van der Waals surface area contributed by atoms with Gasteiger partial charge in [0.25, 0.3) is 5.91 Å². The number of benzene rings is 1. The monoisotopic (exact) mass is 355 g/mol. The van der Waals surface area contributed by atoms with Gasteiger partial charge in [-0.05, 0) is 48.4 Å². The van der Waals surface area contributed by atoms with Gasteiger partial charge in [0.2, 0.25) is 0 Å². The van der Waals surface area contributed by atoms with E-state index in [1.54, 1.807) is 12.1 Å². The number of rotatable bonds is 5. The number of aliphatic hydroxyl groups is 1. The highest BCUT2D eigenvalue weighted by atomic mass is 35.5. The fraction of sp³-hybridized carbons (Fsp3) is 0.312. The Hall–Kier alpha value is -1.07. The molecule has 1 aromatic heterocycles. The molecule has 2 aromatic rings. The molecule has 1 amide bonds. The lowest BCUT2D eigenvalue weighted by molar-refractivity contribution is 0.0169. The third-order valence-corrected chi connectivity index (χ3v) is 5.68. The van der Waals surface area contributed by atoms with Gasteiger partial charge in [0, 0.05) is 10.4 Å². The van der Waals surface area contributed by atoms with Gasteiger partial charge in [-0.25, -0.2) is 0 Å². The van der Waals surface area contributed by atoms with E-state index in [2.05, 4.69) is 5.32 Å². The summed E-state index contributed by atoms with van der Waals surface area (Å²) in [5, 5.41) is 16.4. The Bertz CT molecular complexity index is 685. The van der Waals surface area contributed by atoms with E-state index in [1.807, 2.05) is 17.5 Å². The molecule has 3 rings (SSSR count). The van der Waals surface area contributed by atoms with Crippen LogP contribution in [0.2, 0.25) is 10.0 Å². The summed E-state index contributed by atoms with van der Waals surface area (Å²) in [6.07, 6.45) is 1.97. The van der Waals surface area contributed by atoms with Crippen molar-refractivity contribution in [1.82, 2.24) is 5.32 Å². The zero-order valence-corrected chi connectivity index (χ0v) is 14.0. The molecular weight excluding hydrogens is 341 g/mol. The van der Waals surface area contributed by atoms with Gasteiger partial charge in [0.1, 0.15) is 5.60 Å². The van der Waals surface area contributed by atoms with E-state index in [4.69, 9.17) is 23.2 Å². The highest BCUT2D eigenvalue weighted by Crippen LogP contribution is 2.46. The van der Waals surface area contributed by atoms with Crippen molar-refractivity contribution in [2.45, 2.75) is 18.4 Å². The molecule has 0 radical (unpaired) electrons. The second-order valence-corrected chi connectivity index (χ2v) is 7.25. The highest BCUT2D eigenvalue weighted by Gasteiger charge is 2.45. The van der Waals surface area contributed by atoms with Crippen LogP contribution in [0.15, 0.2) is 35.7 Å². The van der Waals surface area contributed by atoms with Crippen LogP contribution in [-0.2, 0) is 5.60 Å². The van der Waals surface area contributed by atoms with E-state index in [9.17, 15) is 9.90 Å². The van der Waals surface area contributed by atoms with Crippen molar-refractivity contribution in [3.05, 3.63) is 56.2 Å². The number of carbonyl (C=O) groups excluding carboxylic acids is 1. The standard InChI is InChI=1S/C16H15Cl2NO2S/c17-12-6-3-10(8-13(12)18)15(20)19-9-16(21,11-4-5-11)14-2-1-7-22-14/h1-3,6-8,11,21H,4-5,9H2,(H,19,20). The van der Waals surface area contributed by atoms with E-state index < -0.39 is 5.60 Å². The Morgan fingerprint density at radius 1 is 1.32 bits per heavy atom. The molecule has 6 heteroatoms. The van der Waals surface area contributed by atoms with Crippen LogP contribution in [0.5, 0.6) is 0 Å². The number of halogens is 2. The summed E-state index contributed by atoms with van der Waals surface area (Å²) in [4.78, 5) is 13.1. The predicted octanol–water partition coefficient (Wildman–Crippen LogP) is 4.08. The average Bonchev–Trinajstić information content (AvgIpc) is 3.22. The number of hydrogen-bond donors (Lipinski definition) is 2. The SMILES string of the molecule is O=C(NCC(O)(c1cccs1)C1CC1)c1ccc(Cl)c(Cl)c1. The van der Waals surface area contributed by atoms with Crippen LogP contribution in [0.25, 0.3) is 0 Å². The fourth-order valence-electron chi connectivity index (χ4n) is 2.47. The molecule has 0 aliphatic heterocycles. The third kappa shape index (κ3) is 3.15. The van der Waals surface area contributed by atoms with Crippen LogP contribution in [0, 0.1) is 5.92 Å². The van der Waals surface area contributed by atoms with Gasteiger partial charge >= 0.3 is 0 Å². The van der Waals surface area contributed by atoms with Crippen LogP contribution in [0.1, 0.15) is 28.1 Å². The Balaban J connectivity index is 1.72. The molecule has 1 unspecified atom stereocenters. The number of carbonyl (C=O) groups is 1. The minimum absolute atomic E-state index is 0.192. The summed E-state index contributed by atoms with van der Waals surface area (Å²) in [7, 11) is 0. The predicted molar refractivity (Wildman–Crippen MR) is 89.7 cm³/mol. The molecule has 1 saturated carbocycles. The minimum atomic E-state index is -0.986. The summed E-state index contributed by atoms with van der Waals surface area (Å²) in [5.74, 6) is -0.0607. The molecule has 116 valence electrons. The molecule has 0 spiro atoms. The number of nitrogens with one attached hydrogen (secondary N) is 1. The quantitative estimate of drug-likeness (QED) is 0.848. The van der Waals surface area contributed by atoms with Crippen molar-refractivity contribution in [1.29, 1.82) is 0 Å². The molecule has 3 nitrogen and oxygen atoms in total. The van der Waals surface area contributed by atoms with Gasteiger partial charge in [-0.2, -0.15) is 0 Å². The molecule has 1 heterocycles. The van der Waals surface area contributed by atoms with Crippen LogP contribution in [0.3, 0.4) is 0 Å². The smallest absolute Gasteiger partial charge is 0.251 e. The van der Waals surface area contributed by atoms with Gasteiger partial charge < -0.3 is 10.4 Å². The van der Waals surface area contributed by atoms with Gasteiger partial charge in [-0.1, -0.05) is 29.3 Å². The Labute approximate surface area is 142 Å². The van der Waals surface area contributed by atoms with E-state index in [0.717, 1.165) is 17.7 Å². The largest absolute Gasteiger partial charge is 0.382 e. The second kappa shape index (κ2) is 6.20. The molecule has 1 aliphatic carbocycles. The van der Waals surface area contributed by atoms with Crippen molar-refractivity contribution in [2.75, 3.05) is 6.54 Å². The van der Waals surface area contributed by atoms with Gasteiger partial charge in [0.05, 0.1) is 16.6 Å². The van der Waals surface area contributed by atoms with Crippen LogP contribution >= 0.6 is 34.5 Å². The number of thiophene rings is 1. The van der Waals surface area contributed by atoms with Gasteiger partial charge in [-0.3, -0.25) is 4.79 Å². The minimum Gasteiger partial charge on any atom is -0.382 e. The average molecular weight is 356 g/mol. The molecule has 1 fully saturated rings. The Kier molecular flexibility index (Phi) is 4.46. The van der Waals surface area contributed by atoms with Crippen molar-refractivity contribution >= 4 is 40.4 Å². The van der Waals surface area contributed by atoms with Crippen molar-refractivity contribution < 1.29 is 9.90 Å². The summed E-state index contributed by atoms with van der Waals surface area (Å²) in [5.41, 5.74) is -0.557.